The molecule has 0 radical (unpaired) electrons. The summed E-state index contributed by atoms with van der Waals surface area (Å²) >= 11 is 0. The molecule has 7 nitrogen and oxygen atoms in total. The van der Waals surface area contributed by atoms with E-state index in [1.807, 2.05) is 66.7 Å². The number of benzene rings is 3. The van der Waals surface area contributed by atoms with Crippen LogP contribution >= 0.6 is 0 Å². The van der Waals surface area contributed by atoms with Gasteiger partial charge in [-0.05, 0) is 48.9 Å². The summed E-state index contributed by atoms with van der Waals surface area (Å²) in [4.78, 5) is 22.1. The maximum atomic E-state index is 12.4. The predicted octanol–water partition coefficient (Wildman–Crippen LogP) is 6.05. The van der Waals surface area contributed by atoms with Gasteiger partial charge in [0, 0.05) is 28.4 Å². The molecule has 0 aliphatic heterocycles. The molecule has 0 fully saturated rings. The Labute approximate surface area is 191 Å². The Morgan fingerprint density at radius 1 is 1.00 bits per heavy atom. The van der Waals surface area contributed by atoms with Crippen LogP contribution in [-0.2, 0) is 4.79 Å². The molecule has 0 unspecified atom stereocenters. The van der Waals surface area contributed by atoms with Crippen molar-refractivity contribution < 1.29 is 4.79 Å². The number of hydrogen-bond donors (Lipinski definition) is 3. The molecule has 164 valence electrons. The van der Waals surface area contributed by atoms with E-state index in [2.05, 4.69) is 27.8 Å². The molecule has 0 aliphatic carbocycles. The van der Waals surface area contributed by atoms with Gasteiger partial charge in [0.05, 0.1) is 22.9 Å². The number of fused-ring (bicyclic) bond motifs is 2. The summed E-state index contributed by atoms with van der Waals surface area (Å²) in [6.45, 7) is 2.07. The van der Waals surface area contributed by atoms with Gasteiger partial charge in [0.1, 0.15) is 5.82 Å². The van der Waals surface area contributed by atoms with Crippen LogP contribution in [0.3, 0.4) is 0 Å². The zero-order chi connectivity index (χ0) is 22.6. The summed E-state index contributed by atoms with van der Waals surface area (Å²) < 4.78 is 0. The van der Waals surface area contributed by atoms with Gasteiger partial charge in [-0.25, -0.2) is 9.97 Å². The normalized spacial score (nSPS) is 11.1. The first kappa shape index (κ1) is 20.6. The first-order valence-electron chi connectivity index (χ1n) is 11.1. The number of carbonyl (C=O) groups excluding carboxylic acids is 1. The van der Waals surface area contributed by atoms with Crippen molar-refractivity contribution in [3.05, 3.63) is 72.9 Å². The molecule has 33 heavy (non-hydrogen) atoms. The summed E-state index contributed by atoms with van der Waals surface area (Å²) in [6, 6.07) is 21.5. The second-order valence-corrected chi connectivity index (χ2v) is 7.91. The van der Waals surface area contributed by atoms with Gasteiger partial charge in [-0.1, -0.05) is 37.6 Å². The van der Waals surface area contributed by atoms with Crippen LogP contribution in [0.2, 0.25) is 0 Å². The Kier molecular flexibility index (Phi) is 5.68. The maximum Gasteiger partial charge on any atom is 0.224 e. The van der Waals surface area contributed by atoms with Crippen molar-refractivity contribution in [2.45, 2.75) is 26.2 Å². The van der Waals surface area contributed by atoms with Crippen LogP contribution in [0.15, 0.2) is 72.9 Å². The number of unbranched alkanes of at least 4 members (excludes halogenated alkanes) is 1. The number of rotatable bonds is 7. The Morgan fingerprint density at radius 2 is 1.85 bits per heavy atom. The highest BCUT2D eigenvalue weighted by molar-refractivity contribution is 5.97. The van der Waals surface area contributed by atoms with Crippen molar-refractivity contribution in [3.8, 4) is 11.4 Å². The van der Waals surface area contributed by atoms with Gasteiger partial charge in [0.2, 0.25) is 5.91 Å². The largest absolute Gasteiger partial charge is 0.340 e. The molecule has 3 aromatic carbocycles. The second kappa shape index (κ2) is 9.08. The van der Waals surface area contributed by atoms with Gasteiger partial charge in [-0.3, -0.25) is 9.89 Å². The van der Waals surface area contributed by atoms with Gasteiger partial charge in [-0.2, -0.15) is 5.10 Å². The minimum atomic E-state index is -0.00291. The first-order chi connectivity index (χ1) is 16.2. The molecule has 0 saturated heterocycles. The quantitative estimate of drug-likeness (QED) is 0.289. The van der Waals surface area contributed by atoms with Crippen LogP contribution in [0, 0.1) is 0 Å². The van der Waals surface area contributed by atoms with E-state index in [0.29, 0.717) is 23.8 Å². The molecule has 3 N–H and O–H groups in total. The van der Waals surface area contributed by atoms with Crippen molar-refractivity contribution in [3.63, 3.8) is 0 Å². The number of aromatic nitrogens is 4. The van der Waals surface area contributed by atoms with Crippen LogP contribution in [-0.4, -0.2) is 26.1 Å². The highest BCUT2D eigenvalue weighted by Crippen LogP contribution is 2.31. The number of H-pyrrole nitrogens is 1. The van der Waals surface area contributed by atoms with Gasteiger partial charge in [0.25, 0.3) is 0 Å². The molecule has 1 amide bonds. The van der Waals surface area contributed by atoms with E-state index in [4.69, 9.17) is 9.97 Å². The molecule has 0 bridgehead atoms. The zero-order valence-corrected chi connectivity index (χ0v) is 18.3. The van der Waals surface area contributed by atoms with E-state index in [0.717, 1.165) is 45.9 Å². The Hall–Kier alpha value is -4.26. The number of amides is 1. The fraction of sp³-hybridized carbons (Fsp3) is 0.154. The highest BCUT2D eigenvalue weighted by Gasteiger charge is 2.14. The lowest BCUT2D eigenvalue weighted by Crippen LogP contribution is -2.12. The fourth-order valence-electron chi connectivity index (χ4n) is 3.79. The number of nitrogens with zero attached hydrogens (tertiary/aromatic N) is 3. The van der Waals surface area contributed by atoms with Crippen molar-refractivity contribution in [2.24, 2.45) is 0 Å². The monoisotopic (exact) mass is 436 g/mol. The molecule has 5 rings (SSSR count). The van der Waals surface area contributed by atoms with Crippen molar-refractivity contribution in [1.29, 1.82) is 0 Å². The molecule has 0 saturated carbocycles. The maximum absolute atomic E-state index is 12.4. The van der Waals surface area contributed by atoms with Crippen molar-refractivity contribution in [1.82, 2.24) is 20.2 Å². The van der Waals surface area contributed by atoms with Crippen molar-refractivity contribution >= 4 is 44.9 Å². The third-order valence-corrected chi connectivity index (χ3v) is 5.51. The van der Waals surface area contributed by atoms with E-state index in [9.17, 15) is 4.79 Å². The number of hydrogen-bond acceptors (Lipinski definition) is 5. The van der Waals surface area contributed by atoms with Gasteiger partial charge >= 0.3 is 0 Å². The molecule has 2 heterocycles. The lowest BCUT2D eigenvalue weighted by Gasteiger charge is -2.14. The van der Waals surface area contributed by atoms with E-state index in [1.165, 1.54) is 0 Å². The topological polar surface area (TPSA) is 95.6 Å². The number of anilines is 3. The van der Waals surface area contributed by atoms with Crippen LogP contribution in [0.5, 0.6) is 0 Å². The lowest BCUT2D eigenvalue weighted by atomic mass is 10.1. The SMILES string of the molecule is CCCCC(=O)Nc1ccccc1-c1nc(Nc2ccc3[nH]ncc3c2)c2ccccc2n1. The average molecular weight is 437 g/mol. The molecular weight excluding hydrogens is 412 g/mol. The summed E-state index contributed by atoms with van der Waals surface area (Å²) in [5, 5.41) is 15.5. The molecule has 7 heteroatoms. The third-order valence-electron chi connectivity index (χ3n) is 5.51. The summed E-state index contributed by atoms with van der Waals surface area (Å²) in [5.41, 5.74) is 4.18. The average Bonchev–Trinajstić information content (AvgIpc) is 3.31. The number of carbonyl (C=O) groups is 1. The zero-order valence-electron chi connectivity index (χ0n) is 18.3. The summed E-state index contributed by atoms with van der Waals surface area (Å²) in [7, 11) is 0. The fourth-order valence-corrected chi connectivity index (χ4v) is 3.79. The molecule has 2 aromatic heterocycles. The van der Waals surface area contributed by atoms with E-state index in [-0.39, 0.29) is 5.91 Å². The van der Waals surface area contributed by atoms with Gasteiger partial charge in [-0.15, -0.1) is 0 Å². The number of nitrogens with one attached hydrogen (secondary N) is 3. The minimum Gasteiger partial charge on any atom is -0.340 e. The molecule has 0 spiro atoms. The Balaban J connectivity index is 1.56. The standard InChI is InChI=1S/C26H24N6O/c1-2-3-12-24(33)29-22-10-6-4-8-19(22)26-30-23-11-7-5-9-20(23)25(31-26)28-18-13-14-21-17(15-18)16-27-32-21/h4-11,13-16H,2-3,12H2,1H3,(H,27,32)(H,29,33)(H,28,30,31). The van der Waals surface area contributed by atoms with E-state index < -0.39 is 0 Å². The van der Waals surface area contributed by atoms with E-state index >= 15 is 0 Å². The van der Waals surface area contributed by atoms with Crippen LogP contribution in [0.1, 0.15) is 26.2 Å². The molecule has 0 aliphatic rings. The molecule has 0 atom stereocenters. The molecular formula is C26H24N6O. The lowest BCUT2D eigenvalue weighted by molar-refractivity contribution is -0.116. The van der Waals surface area contributed by atoms with E-state index in [1.54, 1.807) is 6.20 Å². The smallest absolute Gasteiger partial charge is 0.224 e. The third kappa shape index (κ3) is 4.39. The second-order valence-electron chi connectivity index (χ2n) is 7.91. The number of para-hydroxylation sites is 2. The van der Waals surface area contributed by atoms with Crippen LogP contribution in [0.25, 0.3) is 33.2 Å². The Bertz CT molecular complexity index is 1440. The Morgan fingerprint density at radius 3 is 2.76 bits per heavy atom. The number of aromatic amines is 1. The van der Waals surface area contributed by atoms with Crippen LogP contribution in [0.4, 0.5) is 17.2 Å². The summed E-state index contributed by atoms with van der Waals surface area (Å²) in [5.74, 6) is 1.24. The predicted molar refractivity (Wildman–Crippen MR) is 133 cm³/mol. The minimum absolute atomic E-state index is 0.00291. The van der Waals surface area contributed by atoms with Crippen molar-refractivity contribution in [2.75, 3.05) is 10.6 Å². The summed E-state index contributed by atoms with van der Waals surface area (Å²) in [6.07, 6.45) is 4.12. The molecule has 5 aromatic rings. The highest BCUT2D eigenvalue weighted by atomic mass is 16.1. The first-order valence-corrected chi connectivity index (χ1v) is 11.1. The van der Waals surface area contributed by atoms with Crippen LogP contribution < -0.4 is 10.6 Å². The van der Waals surface area contributed by atoms with Gasteiger partial charge < -0.3 is 10.6 Å². The van der Waals surface area contributed by atoms with Gasteiger partial charge in [0.15, 0.2) is 5.82 Å².